The van der Waals surface area contributed by atoms with E-state index in [4.69, 9.17) is 14.8 Å². The number of aliphatic carboxylic acids is 2. The van der Waals surface area contributed by atoms with Gasteiger partial charge in [-0.25, -0.2) is 4.79 Å². The van der Waals surface area contributed by atoms with Crippen molar-refractivity contribution in [3.63, 3.8) is 0 Å². The van der Waals surface area contributed by atoms with Crippen molar-refractivity contribution in [1.29, 1.82) is 0 Å². The van der Waals surface area contributed by atoms with Gasteiger partial charge in [-0.2, -0.15) is 8.42 Å². The first-order valence-electron chi connectivity index (χ1n) is 13.5. The second-order valence-electron chi connectivity index (χ2n) is 9.52. The fourth-order valence-electron chi connectivity index (χ4n) is 3.95. The molecule has 216 valence electrons. The number of unbranched alkanes of at least 4 members (excludes halogenated alkanes) is 13. The van der Waals surface area contributed by atoms with E-state index in [1.165, 1.54) is 39.0 Å². The summed E-state index contributed by atoms with van der Waals surface area (Å²) < 4.78 is 31.6. The van der Waals surface area contributed by atoms with E-state index in [0.29, 0.717) is 6.42 Å². The molecule has 0 aromatic rings. The lowest BCUT2D eigenvalue weighted by Crippen LogP contribution is -2.54. The van der Waals surface area contributed by atoms with E-state index in [2.05, 4.69) is 10.6 Å². The molecule has 0 heterocycles. The smallest absolute Gasteiger partial charge is 0.326 e. The van der Waals surface area contributed by atoms with Gasteiger partial charge in [0.05, 0.1) is 0 Å². The van der Waals surface area contributed by atoms with Crippen LogP contribution >= 0.6 is 0 Å². The molecule has 0 aliphatic carbocycles. The van der Waals surface area contributed by atoms with Gasteiger partial charge in [-0.3, -0.25) is 18.9 Å². The minimum atomic E-state index is -4.57. The van der Waals surface area contributed by atoms with Gasteiger partial charge in [0.1, 0.15) is 17.8 Å². The third-order valence-corrected chi connectivity index (χ3v) is 6.85. The van der Waals surface area contributed by atoms with Crippen molar-refractivity contribution in [1.82, 2.24) is 10.6 Å². The first kappa shape index (κ1) is 34.8. The summed E-state index contributed by atoms with van der Waals surface area (Å²) in [6.45, 7) is 1.53. The van der Waals surface area contributed by atoms with Crippen LogP contribution in [0.5, 0.6) is 0 Å². The molecule has 2 atom stereocenters. The molecule has 0 radical (unpaired) electrons. The Morgan fingerprint density at radius 3 is 1.41 bits per heavy atom. The van der Waals surface area contributed by atoms with Gasteiger partial charge < -0.3 is 20.8 Å². The van der Waals surface area contributed by atoms with Gasteiger partial charge >= 0.3 is 11.9 Å². The number of nitrogens with one attached hydrogen (secondary N) is 2. The zero-order valence-electron chi connectivity index (χ0n) is 22.1. The maximum Gasteiger partial charge on any atom is 0.326 e. The monoisotopic (exact) mass is 550 g/mol. The van der Waals surface area contributed by atoms with Gasteiger partial charge in [0.25, 0.3) is 10.1 Å². The van der Waals surface area contributed by atoms with Gasteiger partial charge in [-0.05, 0) is 19.3 Å². The molecular weight excluding hydrogens is 504 g/mol. The minimum Gasteiger partial charge on any atom is -0.481 e. The summed E-state index contributed by atoms with van der Waals surface area (Å²) in [5.41, 5.74) is 0. The molecule has 0 saturated heterocycles. The van der Waals surface area contributed by atoms with E-state index in [9.17, 15) is 27.6 Å². The Hall–Kier alpha value is -2.21. The molecule has 11 nitrogen and oxygen atoms in total. The normalized spacial score (nSPS) is 13.0. The largest absolute Gasteiger partial charge is 0.481 e. The molecule has 12 heteroatoms. The third-order valence-electron chi connectivity index (χ3n) is 6.10. The van der Waals surface area contributed by atoms with Crippen molar-refractivity contribution in [3.8, 4) is 0 Å². The number of carbonyl (C=O) groups is 4. The number of rotatable bonds is 24. The molecule has 0 aromatic carbocycles. The van der Waals surface area contributed by atoms with E-state index in [0.717, 1.165) is 51.4 Å². The fraction of sp³-hybridized carbons (Fsp3) is 0.840. The summed E-state index contributed by atoms with van der Waals surface area (Å²) in [5, 5.41) is 22.1. The average Bonchev–Trinajstić information content (AvgIpc) is 2.80. The molecule has 2 amide bonds. The lowest BCUT2D eigenvalue weighted by Gasteiger charge is -2.20. The summed E-state index contributed by atoms with van der Waals surface area (Å²) in [7, 11) is -4.57. The van der Waals surface area contributed by atoms with Gasteiger partial charge in [0, 0.05) is 12.8 Å². The summed E-state index contributed by atoms with van der Waals surface area (Å²) in [6.07, 6.45) is 15.0. The number of hydrogen-bond acceptors (Lipinski definition) is 6. The van der Waals surface area contributed by atoms with Crippen LogP contribution in [-0.2, 0) is 29.3 Å². The third kappa shape index (κ3) is 21.6. The molecule has 2 unspecified atom stereocenters. The van der Waals surface area contributed by atoms with Crippen molar-refractivity contribution in [3.05, 3.63) is 0 Å². The summed E-state index contributed by atoms with van der Waals surface area (Å²) in [6, 6.07) is -2.80. The van der Waals surface area contributed by atoms with E-state index in [1.807, 2.05) is 0 Å². The van der Waals surface area contributed by atoms with E-state index >= 15 is 0 Å². The second kappa shape index (κ2) is 20.8. The average molecular weight is 551 g/mol. The first-order chi connectivity index (χ1) is 17.5. The van der Waals surface area contributed by atoms with Crippen LogP contribution in [0, 0.1) is 0 Å². The Labute approximate surface area is 220 Å². The minimum absolute atomic E-state index is 0.0746. The summed E-state index contributed by atoms with van der Waals surface area (Å²) in [5.74, 6) is -4.55. The maximum absolute atomic E-state index is 12.3. The molecule has 5 N–H and O–H groups in total. The Morgan fingerprint density at radius 2 is 1.05 bits per heavy atom. The van der Waals surface area contributed by atoms with Crippen LogP contribution in [-0.4, -0.2) is 64.8 Å². The van der Waals surface area contributed by atoms with Gasteiger partial charge in [0.2, 0.25) is 11.8 Å². The molecular formula is C25H46N2O9S. The SMILES string of the molecule is CCC(NC(=O)C(CS(=O)(=O)O)NC(=O)CCCCCCCCCCCCCCCCC(=O)O)C(=O)O. The highest BCUT2D eigenvalue weighted by Crippen LogP contribution is 2.14. The molecule has 0 aliphatic rings. The first-order valence-corrected chi connectivity index (χ1v) is 15.1. The topological polar surface area (TPSA) is 187 Å². The molecule has 0 bridgehead atoms. The van der Waals surface area contributed by atoms with E-state index in [-0.39, 0.29) is 19.3 Å². The van der Waals surface area contributed by atoms with Crippen molar-refractivity contribution < 1.29 is 42.4 Å². The van der Waals surface area contributed by atoms with Crippen molar-refractivity contribution in [2.45, 2.75) is 128 Å². The highest BCUT2D eigenvalue weighted by atomic mass is 32.2. The number of hydrogen-bond donors (Lipinski definition) is 5. The van der Waals surface area contributed by atoms with Crippen LogP contribution in [0.2, 0.25) is 0 Å². The van der Waals surface area contributed by atoms with Gasteiger partial charge in [-0.15, -0.1) is 0 Å². The molecule has 0 fully saturated rings. The van der Waals surface area contributed by atoms with Gasteiger partial charge in [0.15, 0.2) is 0 Å². The van der Waals surface area contributed by atoms with E-state index in [1.54, 1.807) is 0 Å². The number of carbonyl (C=O) groups excluding carboxylic acids is 2. The number of carboxylic acids is 2. The number of carboxylic acid groups (broad SMARTS) is 2. The summed E-state index contributed by atoms with van der Waals surface area (Å²) in [4.78, 5) is 46.0. The highest BCUT2D eigenvalue weighted by Gasteiger charge is 2.29. The van der Waals surface area contributed by atoms with Crippen LogP contribution in [0.3, 0.4) is 0 Å². The van der Waals surface area contributed by atoms with Crippen LogP contribution in [0.25, 0.3) is 0 Å². The van der Waals surface area contributed by atoms with E-state index < -0.39 is 51.7 Å². The lowest BCUT2D eigenvalue weighted by atomic mass is 10.0. The van der Waals surface area contributed by atoms with Crippen LogP contribution in [0.1, 0.15) is 116 Å². The molecule has 0 aromatic heterocycles. The predicted octanol–water partition coefficient (Wildman–Crippen LogP) is 3.66. The molecule has 0 aliphatic heterocycles. The predicted molar refractivity (Wildman–Crippen MR) is 140 cm³/mol. The van der Waals surface area contributed by atoms with Crippen molar-refractivity contribution in [2.75, 3.05) is 5.75 Å². The van der Waals surface area contributed by atoms with Crippen molar-refractivity contribution >= 4 is 33.9 Å². The van der Waals surface area contributed by atoms with Crippen LogP contribution in [0.15, 0.2) is 0 Å². The Balaban J connectivity index is 3.94. The fourth-order valence-corrected chi connectivity index (χ4v) is 4.61. The van der Waals surface area contributed by atoms with Gasteiger partial charge in [-0.1, -0.05) is 84.0 Å². The van der Waals surface area contributed by atoms with Crippen LogP contribution < -0.4 is 10.6 Å². The second-order valence-corrected chi connectivity index (χ2v) is 11.0. The molecule has 37 heavy (non-hydrogen) atoms. The summed E-state index contributed by atoms with van der Waals surface area (Å²) >= 11 is 0. The van der Waals surface area contributed by atoms with Crippen LogP contribution in [0.4, 0.5) is 0 Å². The molecule has 0 saturated carbocycles. The Morgan fingerprint density at radius 1 is 0.649 bits per heavy atom. The Bertz CT molecular complexity index is 787. The van der Waals surface area contributed by atoms with Crippen molar-refractivity contribution in [2.24, 2.45) is 0 Å². The zero-order valence-corrected chi connectivity index (χ0v) is 22.9. The molecule has 0 spiro atoms. The Kier molecular flexibility index (Phi) is 19.6. The quantitative estimate of drug-likeness (QED) is 0.0882. The maximum atomic E-state index is 12.3. The molecule has 0 rings (SSSR count). The highest BCUT2D eigenvalue weighted by molar-refractivity contribution is 7.85. The lowest BCUT2D eigenvalue weighted by molar-refractivity contribution is -0.142. The zero-order chi connectivity index (χ0) is 28.1. The number of amides is 2. The standard InChI is InChI=1S/C25H46N2O9S/c1-2-20(25(32)33)27-24(31)21(19-37(34,35)36)26-22(28)17-15-13-11-9-7-5-3-4-6-8-10-12-14-16-18-23(29)30/h20-21H,2-19H2,1H3,(H,26,28)(H,27,31)(H,29,30)(H,32,33)(H,34,35,36).